The van der Waals surface area contributed by atoms with Gasteiger partial charge in [-0.15, -0.1) is 0 Å². The van der Waals surface area contributed by atoms with Crippen LogP contribution in [0.15, 0.2) is 47.6 Å². The van der Waals surface area contributed by atoms with Crippen molar-refractivity contribution in [1.82, 2.24) is 4.90 Å². The number of rotatable bonds is 6. The monoisotopic (exact) mass is 359 g/mol. The first-order valence-corrected chi connectivity index (χ1v) is 8.78. The number of nitrogens with one attached hydrogen (secondary N) is 1. The van der Waals surface area contributed by atoms with Gasteiger partial charge in [0.25, 0.3) is 5.03 Å². The molecular weight excluding hydrogens is 338 g/mol. The number of thioether (sulfide) groups is 1. The summed E-state index contributed by atoms with van der Waals surface area (Å²) in [6, 6.07) is 10.8. The number of aromatic nitrogens is 1. The maximum Gasteiger partial charge on any atom is 0.251 e. The van der Waals surface area contributed by atoms with Crippen molar-refractivity contribution in [3.05, 3.63) is 58.9 Å². The van der Waals surface area contributed by atoms with Crippen LogP contribution < -0.4 is 10.0 Å². The van der Waals surface area contributed by atoms with Crippen molar-refractivity contribution in [3.8, 4) is 0 Å². The van der Waals surface area contributed by atoms with Crippen molar-refractivity contribution in [2.45, 2.75) is 18.9 Å². The average Bonchev–Trinajstić information content (AvgIpc) is 2.57. The molecule has 0 spiro atoms. The minimum absolute atomic E-state index is 0.0423. The molecule has 0 saturated heterocycles. The summed E-state index contributed by atoms with van der Waals surface area (Å²) < 4.78 is 0.714. The molecule has 0 aliphatic carbocycles. The average molecular weight is 359 g/mol. The molecule has 2 aromatic rings. The quantitative estimate of drug-likeness (QED) is 0.487. The maximum absolute atomic E-state index is 12.2. The molecule has 0 saturated carbocycles. The van der Waals surface area contributed by atoms with Crippen molar-refractivity contribution in [2.24, 2.45) is 0 Å². The molecule has 0 radical (unpaired) electrons. The first-order valence-electron chi connectivity index (χ1n) is 7.79. The van der Waals surface area contributed by atoms with Crippen LogP contribution in [0.2, 0.25) is 0 Å². The number of carbonyl (C=O) groups is 2. The second kappa shape index (κ2) is 8.53. The molecule has 0 aliphatic rings. The number of likely N-dealkylation sites (N-methyl/N-ethyl adjacent to an activating group) is 1. The smallest absolute Gasteiger partial charge is 0.251 e. The Morgan fingerprint density at radius 1 is 1.16 bits per heavy atom. The number of benzene rings is 1. The number of pyridine rings is 1. The third-order valence-electron chi connectivity index (χ3n) is 3.68. The number of anilines is 1. The zero-order valence-electron chi connectivity index (χ0n) is 14.5. The lowest BCUT2D eigenvalue weighted by Crippen LogP contribution is -2.36. The van der Waals surface area contributed by atoms with E-state index in [1.165, 1.54) is 11.1 Å². The molecule has 0 unspecified atom stereocenters. The maximum atomic E-state index is 12.2. The van der Waals surface area contributed by atoms with Gasteiger partial charge in [0.1, 0.15) is 0 Å². The van der Waals surface area contributed by atoms with Crippen LogP contribution in [0.1, 0.15) is 11.1 Å². The predicted molar refractivity (Wildman–Crippen MR) is 98.3 cm³/mol. The number of nitrogens with zero attached hydrogens (tertiary/aromatic N) is 2. The highest BCUT2D eigenvalue weighted by Crippen LogP contribution is 2.19. The van der Waals surface area contributed by atoms with Gasteiger partial charge in [0, 0.05) is 24.9 Å². The van der Waals surface area contributed by atoms with Gasteiger partial charge in [-0.2, -0.15) is 4.73 Å². The molecule has 0 atom stereocenters. The molecule has 132 valence electrons. The topological polar surface area (TPSA) is 76.4 Å². The van der Waals surface area contributed by atoms with Gasteiger partial charge in [0.15, 0.2) is 6.20 Å². The first kappa shape index (κ1) is 18.8. The molecule has 7 heteroatoms. The van der Waals surface area contributed by atoms with Crippen LogP contribution in [0.25, 0.3) is 0 Å². The predicted octanol–water partition coefficient (Wildman–Crippen LogP) is 2.13. The lowest BCUT2D eigenvalue weighted by atomic mass is 10.1. The lowest BCUT2D eigenvalue weighted by Gasteiger charge is -2.18. The van der Waals surface area contributed by atoms with E-state index in [9.17, 15) is 14.8 Å². The molecule has 25 heavy (non-hydrogen) atoms. The van der Waals surface area contributed by atoms with Gasteiger partial charge in [-0.1, -0.05) is 18.2 Å². The highest BCUT2D eigenvalue weighted by molar-refractivity contribution is 7.99. The summed E-state index contributed by atoms with van der Waals surface area (Å²) in [4.78, 5) is 25.7. The second-order valence-corrected chi connectivity index (χ2v) is 6.71. The number of carbonyl (C=O) groups excluding carboxylic acids is 2. The van der Waals surface area contributed by atoms with E-state index in [2.05, 4.69) is 5.32 Å². The van der Waals surface area contributed by atoms with E-state index in [1.54, 1.807) is 25.2 Å². The largest absolute Gasteiger partial charge is 0.618 e. The third-order valence-corrected chi connectivity index (χ3v) is 4.69. The molecular formula is C18H21N3O3S. The summed E-state index contributed by atoms with van der Waals surface area (Å²) in [5, 5.41) is 14.9. The van der Waals surface area contributed by atoms with E-state index in [1.807, 2.05) is 32.0 Å². The third kappa shape index (κ3) is 5.22. The van der Waals surface area contributed by atoms with E-state index in [0.29, 0.717) is 9.76 Å². The van der Waals surface area contributed by atoms with Crippen LogP contribution in [0.3, 0.4) is 0 Å². The number of hydrogen-bond acceptors (Lipinski definition) is 4. The summed E-state index contributed by atoms with van der Waals surface area (Å²) in [6.07, 6.45) is 1.38. The minimum atomic E-state index is -0.253. The first-order chi connectivity index (χ1) is 11.9. The zero-order valence-corrected chi connectivity index (χ0v) is 15.3. The van der Waals surface area contributed by atoms with Gasteiger partial charge < -0.3 is 15.4 Å². The fraction of sp³-hybridized carbons (Fsp3) is 0.278. The fourth-order valence-corrected chi connectivity index (χ4v) is 3.12. The van der Waals surface area contributed by atoms with Gasteiger partial charge in [0.2, 0.25) is 11.8 Å². The normalized spacial score (nSPS) is 10.4. The summed E-state index contributed by atoms with van der Waals surface area (Å²) >= 11 is 1.15. The molecule has 2 amide bonds. The van der Waals surface area contributed by atoms with Gasteiger partial charge >= 0.3 is 0 Å². The van der Waals surface area contributed by atoms with Gasteiger partial charge in [0.05, 0.1) is 12.3 Å². The Hall–Kier alpha value is -2.54. The van der Waals surface area contributed by atoms with E-state index in [-0.39, 0.29) is 24.1 Å². The summed E-state index contributed by atoms with van der Waals surface area (Å²) in [5.74, 6) is -0.373. The number of aryl methyl sites for hydroxylation is 2. The summed E-state index contributed by atoms with van der Waals surface area (Å²) in [7, 11) is 1.57. The van der Waals surface area contributed by atoms with Crippen molar-refractivity contribution in [1.29, 1.82) is 0 Å². The molecule has 1 heterocycles. The van der Waals surface area contributed by atoms with E-state index in [4.69, 9.17) is 0 Å². The fourth-order valence-electron chi connectivity index (χ4n) is 2.26. The Morgan fingerprint density at radius 3 is 2.48 bits per heavy atom. The molecule has 1 aromatic heterocycles. The van der Waals surface area contributed by atoms with E-state index in [0.717, 1.165) is 28.6 Å². The van der Waals surface area contributed by atoms with E-state index < -0.39 is 0 Å². The highest BCUT2D eigenvalue weighted by Gasteiger charge is 2.16. The minimum Gasteiger partial charge on any atom is -0.618 e. The Kier molecular flexibility index (Phi) is 6.41. The van der Waals surface area contributed by atoms with Crippen molar-refractivity contribution in [3.63, 3.8) is 0 Å². The Morgan fingerprint density at radius 2 is 1.84 bits per heavy atom. The molecule has 2 rings (SSSR count). The Bertz CT molecular complexity index is 760. The van der Waals surface area contributed by atoms with Crippen molar-refractivity contribution >= 4 is 29.3 Å². The van der Waals surface area contributed by atoms with E-state index >= 15 is 0 Å². The van der Waals surface area contributed by atoms with Crippen LogP contribution in [0, 0.1) is 19.1 Å². The van der Waals surface area contributed by atoms with Gasteiger partial charge in [-0.05, 0) is 42.8 Å². The van der Waals surface area contributed by atoms with Crippen molar-refractivity contribution < 1.29 is 14.3 Å². The van der Waals surface area contributed by atoms with Crippen LogP contribution >= 0.6 is 11.8 Å². The molecule has 0 bridgehead atoms. The lowest BCUT2D eigenvalue weighted by molar-refractivity contribution is -0.645. The highest BCUT2D eigenvalue weighted by atomic mass is 32.2. The Labute approximate surface area is 151 Å². The standard InChI is InChI=1S/C18H21N3O3S/c1-13-7-6-8-14(2)18(13)19-15(22)11-20(3)16(23)12-25-17-9-4-5-10-21(17)24/h4-10H,11-12H2,1-3H3,(H,19,22). The van der Waals surface area contributed by atoms with Gasteiger partial charge in [-0.25, -0.2) is 0 Å². The molecule has 1 aromatic carbocycles. The van der Waals surface area contributed by atoms with Gasteiger partial charge in [-0.3, -0.25) is 9.59 Å². The molecule has 0 fully saturated rings. The summed E-state index contributed by atoms with van der Waals surface area (Å²) in [6.45, 7) is 3.80. The van der Waals surface area contributed by atoms with Crippen LogP contribution in [0.4, 0.5) is 5.69 Å². The zero-order chi connectivity index (χ0) is 18.4. The van der Waals surface area contributed by atoms with Crippen LogP contribution in [-0.2, 0) is 9.59 Å². The van der Waals surface area contributed by atoms with Crippen LogP contribution in [-0.4, -0.2) is 36.1 Å². The Balaban J connectivity index is 1.88. The number of amides is 2. The summed E-state index contributed by atoms with van der Waals surface area (Å²) in [5.41, 5.74) is 2.73. The molecule has 0 aliphatic heterocycles. The molecule has 1 N–H and O–H groups in total. The SMILES string of the molecule is Cc1cccc(C)c1NC(=O)CN(C)C(=O)CSc1cccc[n+]1[O-]. The molecule has 6 nitrogen and oxygen atoms in total. The van der Waals surface area contributed by atoms with Crippen LogP contribution in [0.5, 0.6) is 0 Å². The van der Waals surface area contributed by atoms with Crippen molar-refractivity contribution in [2.75, 3.05) is 24.7 Å². The number of para-hydroxylation sites is 1. The second-order valence-electron chi connectivity index (χ2n) is 5.72. The number of hydrogen-bond donors (Lipinski definition) is 1.